The first-order chi connectivity index (χ1) is 10.3. The molecule has 4 rings (SSSR count). The molecule has 0 aliphatic heterocycles. The van der Waals surface area contributed by atoms with Crippen LogP contribution in [0.1, 0.15) is 61.0 Å². The molecule has 0 unspecified atom stereocenters. The van der Waals surface area contributed by atoms with Gasteiger partial charge in [-0.15, -0.1) is 23.7 Å². The molecule has 0 aromatic carbocycles. The zero-order chi connectivity index (χ0) is 14.3. The highest BCUT2D eigenvalue weighted by Crippen LogP contribution is 2.42. The molecule has 2 heterocycles. The Morgan fingerprint density at radius 1 is 1.36 bits per heavy atom. The van der Waals surface area contributed by atoms with Gasteiger partial charge in [0.25, 0.3) is 0 Å². The van der Waals surface area contributed by atoms with E-state index in [4.69, 9.17) is 10.3 Å². The van der Waals surface area contributed by atoms with E-state index in [2.05, 4.69) is 20.4 Å². The van der Waals surface area contributed by atoms with E-state index in [1.807, 2.05) is 6.20 Å². The monoisotopic (exact) mass is 341 g/mol. The van der Waals surface area contributed by atoms with Crippen LogP contribution in [0, 0.1) is 0 Å². The second kappa shape index (κ2) is 6.14. The summed E-state index contributed by atoms with van der Waals surface area (Å²) in [4.78, 5) is 9.91. The maximum atomic E-state index is 5.69. The third-order valence-corrected chi connectivity index (χ3v) is 5.25. The lowest BCUT2D eigenvalue weighted by Crippen LogP contribution is -2.40. The average molecular weight is 342 g/mol. The normalized spacial score (nSPS) is 20.0. The van der Waals surface area contributed by atoms with Crippen molar-refractivity contribution < 1.29 is 4.52 Å². The zero-order valence-electron chi connectivity index (χ0n) is 12.2. The number of halogens is 1. The molecule has 2 aromatic rings. The van der Waals surface area contributed by atoms with Gasteiger partial charge in [0.2, 0.25) is 5.89 Å². The van der Waals surface area contributed by atoms with Crippen LogP contribution in [0.2, 0.25) is 0 Å². The molecule has 2 aliphatic rings. The van der Waals surface area contributed by atoms with Crippen molar-refractivity contribution in [1.82, 2.24) is 20.4 Å². The molecule has 0 spiro atoms. The van der Waals surface area contributed by atoms with Crippen LogP contribution in [0.5, 0.6) is 0 Å². The summed E-state index contributed by atoms with van der Waals surface area (Å²) < 4.78 is 5.45. The van der Waals surface area contributed by atoms with Crippen molar-refractivity contribution in [2.45, 2.75) is 56.5 Å². The van der Waals surface area contributed by atoms with Gasteiger partial charge in [-0.25, -0.2) is 4.98 Å². The third-order valence-electron chi connectivity index (χ3n) is 4.43. The van der Waals surface area contributed by atoms with Crippen molar-refractivity contribution in [2.75, 3.05) is 5.73 Å². The average Bonchev–Trinajstić information content (AvgIpc) is 2.94. The van der Waals surface area contributed by atoms with Gasteiger partial charge in [-0.3, -0.25) is 5.32 Å². The Kier molecular flexibility index (Phi) is 4.38. The number of anilines is 1. The van der Waals surface area contributed by atoms with E-state index >= 15 is 0 Å². The molecular formula is C14H20ClN5OS. The standard InChI is InChI=1S/C14H19N5OS.ClH/c15-13-16-7-10(21-13)8-17-14(5-1-2-6-14)12-18-11(20-19-12)9-3-4-9;/h7,9,17H,1-6,8H2,(H2,15,16);1H. The van der Waals surface area contributed by atoms with E-state index < -0.39 is 0 Å². The van der Waals surface area contributed by atoms with Gasteiger partial charge in [0.05, 0.1) is 5.54 Å². The van der Waals surface area contributed by atoms with Crippen molar-refractivity contribution in [2.24, 2.45) is 0 Å². The number of aromatic nitrogens is 3. The molecule has 2 fully saturated rings. The highest BCUT2D eigenvalue weighted by Gasteiger charge is 2.41. The van der Waals surface area contributed by atoms with E-state index in [0.717, 1.165) is 36.0 Å². The van der Waals surface area contributed by atoms with Crippen molar-refractivity contribution >= 4 is 28.9 Å². The molecule has 0 saturated heterocycles. The SMILES string of the molecule is Cl.Nc1ncc(CNC2(c3noc(C4CC4)n3)CCCC2)s1. The molecule has 8 heteroatoms. The lowest BCUT2D eigenvalue weighted by molar-refractivity contribution is 0.297. The van der Waals surface area contributed by atoms with E-state index in [9.17, 15) is 0 Å². The molecular weight excluding hydrogens is 322 g/mol. The van der Waals surface area contributed by atoms with Gasteiger partial charge >= 0.3 is 0 Å². The van der Waals surface area contributed by atoms with Gasteiger partial charge in [0.15, 0.2) is 11.0 Å². The molecule has 0 amide bonds. The summed E-state index contributed by atoms with van der Waals surface area (Å²) in [6, 6.07) is 0. The predicted molar refractivity (Wildman–Crippen MR) is 87.0 cm³/mol. The van der Waals surface area contributed by atoms with Crippen LogP contribution < -0.4 is 11.1 Å². The summed E-state index contributed by atoms with van der Waals surface area (Å²) in [5, 5.41) is 8.52. The summed E-state index contributed by atoms with van der Waals surface area (Å²) in [5.41, 5.74) is 5.55. The smallest absolute Gasteiger partial charge is 0.229 e. The molecule has 6 nitrogen and oxygen atoms in total. The van der Waals surface area contributed by atoms with Gasteiger partial charge in [-0.1, -0.05) is 18.0 Å². The largest absolute Gasteiger partial charge is 0.375 e. The highest BCUT2D eigenvalue weighted by molar-refractivity contribution is 7.15. The second-order valence-electron chi connectivity index (χ2n) is 6.04. The first-order valence-electron chi connectivity index (χ1n) is 7.54. The van der Waals surface area contributed by atoms with Crippen LogP contribution in [0.4, 0.5) is 5.13 Å². The van der Waals surface area contributed by atoms with Crippen LogP contribution in [0.25, 0.3) is 0 Å². The fourth-order valence-corrected chi connectivity index (χ4v) is 3.67. The van der Waals surface area contributed by atoms with Crippen LogP contribution in [0.3, 0.4) is 0 Å². The number of nitrogens with one attached hydrogen (secondary N) is 1. The number of rotatable bonds is 5. The number of nitrogen functional groups attached to an aromatic ring is 1. The summed E-state index contributed by atoms with van der Waals surface area (Å²) in [6.45, 7) is 0.752. The highest BCUT2D eigenvalue weighted by atomic mass is 35.5. The fourth-order valence-electron chi connectivity index (χ4n) is 3.04. The molecule has 2 aromatic heterocycles. The van der Waals surface area contributed by atoms with Crippen molar-refractivity contribution in [3.8, 4) is 0 Å². The summed E-state index contributed by atoms with van der Waals surface area (Å²) in [6.07, 6.45) is 8.72. The Balaban J connectivity index is 0.00000144. The van der Waals surface area contributed by atoms with Gasteiger partial charge < -0.3 is 10.3 Å². The fraction of sp³-hybridized carbons (Fsp3) is 0.643. The number of nitrogens with zero attached hydrogens (tertiary/aromatic N) is 3. The van der Waals surface area contributed by atoms with Crippen LogP contribution in [0.15, 0.2) is 10.7 Å². The third kappa shape index (κ3) is 2.98. The van der Waals surface area contributed by atoms with E-state index in [1.54, 1.807) is 0 Å². The van der Waals surface area contributed by atoms with Gasteiger partial charge in [-0.2, -0.15) is 4.98 Å². The van der Waals surface area contributed by atoms with Crippen LogP contribution in [-0.4, -0.2) is 15.1 Å². The molecule has 0 atom stereocenters. The quantitative estimate of drug-likeness (QED) is 0.869. The Labute approximate surface area is 139 Å². The summed E-state index contributed by atoms with van der Waals surface area (Å²) >= 11 is 1.53. The maximum Gasteiger partial charge on any atom is 0.229 e. The van der Waals surface area contributed by atoms with Crippen molar-refractivity contribution in [3.05, 3.63) is 22.8 Å². The van der Waals surface area contributed by atoms with Crippen molar-refractivity contribution in [1.29, 1.82) is 0 Å². The molecule has 0 radical (unpaired) electrons. The van der Waals surface area contributed by atoms with Crippen LogP contribution in [-0.2, 0) is 12.1 Å². The maximum absolute atomic E-state index is 5.69. The van der Waals surface area contributed by atoms with E-state index in [0.29, 0.717) is 11.0 Å². The van der Waals surface area contributed by atoms with E-state index in [1.165, 1.54) is 37.0 Å². The molecule has 22 heavy (non-hydrogen) atoms. The minimum Gasteiger partial charge on any atom is -0.375 e. The summed E-state index contributed by atoms with van der Waals surface area (Å²) in [5.74, 6) is 2.16. The molecule has 3 N–H and O–H groups in total. The van der Waals surface area contributed by atoms with Gasteiger partial charge in [0, 0.05) is 23.5 Å². The molecule has 2 saturated carbocycles. The second-order valence-corrected chi connectivity index (χ2v) is 7.18. The first-order valence-corrected chi connectivity index (χ1v) is 8.36. The Morgan fingerprint density at radius 3 is 2.77 bits per heavy atom. The van der Waals surface area contributed by atoms with Gasteiger partial charge in [0.1, 0.15) is 0 Å². The topological polar surface area (TPSA) is 89.9 Å². The summed E-state index contributed by atoms with van der Waals surface area (Å²) in [7, 11) is 0. The minimum atomic E-state index is -0.143. The molecule has 0 bridgehead atoms. The number of hydrogen-bond donors (Lipinski definition) is 2. The number of nitrogens with two attached hydrogens (primary N) is 1. The zero-order valence-corrected chi connectivity index (χ0v) is 13.9. The number of hydrogen-bond acceptors (Lipinski definition) is 7. The Bertz CT molecular complexity index is 633. The lowest BCUT2D eigenvalue weighted by atomic mass is 9.96. The molecule has 120 valence electrons. The lowest BCUT2D eigenvalue weighted by Gasteiger charge is -2.26. The number of thiazole rings is 1. The Hall–Kier alpha value is -1.18. The van der Waals surface area contributed by atoms with Gasteiger partial charge in [-0.05, 0) is 25.7 Å². The Morgan fingerprint density at radius 2 is 2.14 bits per heavy atom. The molecule has 2 aliphatic carbocycles. The van der Waals surface area contributed by atoms with E-state index in [-0.39, 0.29) is 17.9 Å². The first kappa shape index (κ1) is 15.7. The van der Waals surface area contributed by atoms with Crippen LogP contribution >= 0.6 is 23.7 Å². The predicted octanol–water partition coefficient (Wildman–Crippen LogP) is 2.97. The van der Waals surface area contributed by atoms with Crippen molar-refractivity contribution in [3.63, 3.8) is 0 Å². The minimum absolute atomic E-state index is 0.